The van der Waals surface area contributed by atoms with Crippen LogP contribution < -0.4 is 0 Å². The van der Waals surface area contributed by atoms with Crippen LogP contribution in [0.2, 0.25) is 0 Å². The molecule has 2 bridgehead atoms. The summed E-state index contributed by atoms with van der Waals surface area (Å²) in [5.74, 6) is 3.32. The predicted octanol–water partition coefficient (Wildman–Crippen LogP) is 1.66. The first kappa shape index (κ1) is 6.66. The highest BCUT2D eigenvalue weighted by Crippen LogP contribution is 2.52. The molecule has 1 nitrogen and oxygen atoms in total. The molecule has 0 aromatic carbocycles. The van der Waals surface area contributed by atoms with E-state index in [2.05, 4.69) is 6.92 Å². The van der Waals surface area contributed by atoms with E-state index in [1.165, 1.54) is 19.3 Å². The average molecular weight is 140 g/mol. The van der Waals surface area contributed by atoms with E-state index < -0.39 is 0 Å². The van der Waals surface area contributed by atoms with Crippen LogP contribution in [-0.2, 0) is 0 Å². The molecule has 2 aliphatic rings. The largest absolute Gasteiger partial charge is 0.396 e. The standard InChI is InChI=1S/C9H16O/c1-6-4-7-2-3-8(6)9(7)5-10/h6-10H,2-5H2,1H3. The zero-order valence-electron chi connectivity index (χ0n) is 6.59. The lowest BCUT2D eigenvalue weighted by atomic mass is 9.90. The molecule has 10 heavy (non-hydrogen) atoms. The Bertz CT molecular complexity index is 133. The Morgan fingerprint density at radius 1 is 1.40 bits per heavy atom. The second kappa shape index (κ2) is 2.23. The number of aliphatic hydroxyl groups excluding tert-OH is 1. The number of rotatable bonds is 1. The van der Waals surface area contributed by atoms with Crippen LogP contribution in [0.25, 0.3) is 0 Å². The maximum Gasteiger partial charge on any atom is 0.0464 e. The molecule has 4 atom stereocenters. The van der Waals surface area contributed by atoms with Crippen molar-refractivity contribution < 1.29 is 5.11 Å². The fraction of sp³-hybridized carbons (Fsp3) is 1.00. The smallest absolute Gasteiger partial charge is 0.0464 e. The van der Waals surface area contributed by atoms with Crippen molar-refractivity contribution in [3.05, 3.63) is 0 Å². The molecular formula is C9H16O. The lowest BCUT2D eigenvalue weighted by Gasteiger charge is -2.16. The molecule has 2 rings (SSSR count). The van der Waals surface area contributed by atoms with Crippen molar-refractivity contribution >= 4 is 0 Å². The van der Waals surface area contributed by atoms with E-state index in [-0.39, 0.29) is 0 Å². The summed E-state index contributed by atoms with van der Waals surface area (Å²) < 4.78 is 0. The molecule has 1 heteroatoms. The molecule has 1 N–H and O–H groups in total. The Hall–Kier alpha value is -0.0400. The third-order valence-corrected chi connectivity index (χ3v) is 3.64. The molecule has 0 amide bonds. The van der Waals surface area contributed by atoms with E-state index in [1.54, 1.807) is 0 Å². The van der Waals surface area contributed by atoms with Gasteiger partial charge in [-0.25, -0.2) is 0 Å². The van der Waals surface area contributed by atoms with E-state index in [1.807, 2.05) is 0 Å². The maximum atomic E-state index is 9.06. The first-order valence-electron chi connectivity index (χ1n) is 4.43. The van der Waals surface area contributed by atoms with Crippen LogP contribution in [0.1, 0.15) is 26.2 Å². The van der Waals surface area contributed by atoms with Crippen molar-refractivity contribution in [1.29, 1.82) is 0 Å². The SMILES string of the molecule is CC1CC2CCC1C2CO. The topological polar surface area (TPSA) is 20.2 Å². The molecule has 0 saturated heterocycles. The maximum absolute atomic E-state index is 9.06. The van der Waals surface area contributed by atoms with Gasteiger partial charge in [0.15, 0.2) is 0 Å². The second-order valence-electron chi connectivity index (χ2n) is 4.06. The van der Waals surface area contributed by atoms with Gasteiger partial charge in [-0.1, -0.05) is 6.92 Å². The molecule has 0 aromatic heterocycles. The summed E-state index contributed by atoms with van der Waals surface area (Å²) in [6.45, 7) is 2.78. The number of hydrogen-bond donors (Lipinski definition) is 1. The summed E-state index contributed by atoms with van der Waals surface area (Å²) in [5.41, 5.74) is 0. The summed E-state index contributed by atoms with van der Waals surface area (Å²) in [6.07, 6.45) is 4.16. The van der Waals surface area contributed by atoms with Crippen LogP contribution >= 0.6 is 0 Å². The van der Waals surface area contributed by atoms with Gasteiger partial charge in [0.2, 0.25) is 0 Å². The quantitative estimate of drug-likeness (QED) is 0.587. The van der Waals surface area contributed by atoms with Gasteiger partial charge >= 0.3 is 0 Å². The monoisotopic (exact) mass is 140 g/mol. The lowest BCUT2D eigenvalue weighted by Crippen LogP contribution is -2.12. The van der Waals surface area contributed by atoms with Gasteiger partial charge in [0, 0.05) is 6.61 Å². The van der Waals surface area contributed by atoms with E-state index in [4.69, 9.17) is 5.11 Å². The lowest BCUT2D eigenvalue weighted by molar-refractivity contribution is 0.186. The summed E-state index contributed by atoms with van der Waals surface area (Å²) >= 11 is 0. The van der Waals surface area contributed by atoms with Gasteiger partial charge in [0.05, 0.1) is 0 Å². The molecule has 2 aliphatic carbocycles. The van der Waals surface area contributed by atoms with Crippen LogP contribution in [-0.4, -0.2) is 11.7 Å². The van der Waals surface area contributed by atoms with Crippen LogP contribution in [0.4, 0.5) is 0 Å². The minimum Gasteiger partial charge on any atom is -0.396 e. The average Bonchev–Trinajstić information content (AvgIpc) is 2.42. The highest BCUT2D eigenvalue weighted by Gasteiger charge is 2.45. The summed E-state index contributed by atoms with van der Waals surface area (Å²) in [4.78, 5) is 0. The molecule has 2 fully saturated rings. The van der Waals surface area contributed by atoms with E-state index in [0.29, 0.717) is 12.5 Å². The Morgan fingerprint density at radius 3 is 2.50 bits per heavy atom. The molecule has 0 radical (unpaired) electrons. The van der Waals surface area contributed by atoms with Crippen molar-refractivity contribution in [2.24, 2.45) is 23.7 Å². The van der Waals surface area contributed by atoms with Crippen molar-refractivity contribution in [2.75, 3.05) is 6.61 Å². The Labute approximate surface area is 62.4 Å². The van der Waals surface area contributed by atoms with Crippen LogP contribution in [0.3, 0.4) is 0 Å². The van der Waals surface area contributed by atoms with E-state index in [0.717, 1.165) is 17.8 Å². The molecule has 0 aromatic rings. The van der Waals surface area contributed by atoms with Gasteiger partial charge < -0.3 is 5.11 Å². The summed E-state index contributed by atoms with van der Waals surface area (Å²) in [6, 6.07) is 0. The molecule has 58 valence electrons. The van der Waals surface area contributed by atoms with Crippen molar-refractivity contribution in [3.63, 3.8) is 0 Å². The summed E-state index contributed by atoms with van der Waals surface area (Å²) in [5, 5.41) is 9.06. The highest BCUT2D eigenvalue weighted by atomic mass is 16.3. The highest BCUT2D eigenvalue weighted by molar-refractivity contribution is 4.94. The third-order valence-electron chi connectivity index (χ3n) is 3.64. The van der Waals surface area contributed by atoms with Crippen LogP contribution in [0, 0.1) is 23.7 Å². The van der Waals surface area contributed by atoms with Crippen LogP contribution in [0.5, 0.6) is 0 Å². The van der Waals surface area contributed by atoms with Gasteiger partial charge in [-0.3, -0.25) is 0 Å². The van der Waals surface area contributed by atoms with Gasteiger partial charge in [0.1, 0.15) is 0 Å². The molecular weight excluding hydrogens is 124 g/mol. The third kappa shape index (κ3) is 0.731. The van der Waals surface area contributed by atoms with Crippen molar-refractivity contribution in [2.45, 2.75) is 26.2 Å². The zero-order chi connectivity index (χ0) is 7.14. The van der Waals surface area contributed by atoms with Crippen molar-refractivity contribution in [1.82, 2.24) is 0 Å². The van der Waals surface area contributed by atoms with Gasteiger partial charge in [-0.15, -0.1) is 0 Å². The minimum absolute atomic E-state index is 0.444. The Morgan fingerprint density at radius 2 is 2.20 bits per heavy atom. The van der Waals surface area contributed by atoms with Gasteiger partial charge in [-0.2, -0.15) is 0 Å². The Balaban J connectivity index is 2.11. The number of aliphatic hydroxyl groups is 1. The van der Waals surface area contributed by atoms with E-state index in [9.17, 15) is 0 Å². The number of hydrogen-bond acceptors (Lipinski definition) is 1. The van der Waals surface area contributed by atoms with Crippen molar-refractivity contribution in [3.8, 4) is 0 Å². The molecule has 2 saturated carbocycles. The molecule has 4 unspecified atom stereocenters. The Kier molecular flexibility index (Phi) is 1.48. The first-order valence-corrected chi connectivity index (χ1v) is 4.43. The van der Waals surface area contributed by atoms with Crippen LogP contribution in [0.15, 0.2) is 0 Å². The summed E-state index contributed by atoms with van der Waals surface area (Å²) in [7, 11) is 0. The normalized spacial score (nSPS) is 52.2. The van der Waals surface area contributed by atoms with E-state index >= 15 is 0 Å². The van der Waals surface area contributed by atoms with Gasteiger partial charge in [-0.05, 0) is 42.9 Å². The first-order chi connectivity index (χ1) is 4.83. The second-order valence-corrected chi connectivity index (χ2v) is 4.06. The number of fused-ring (bicyclic) bond motifs is 2. The fourth-order valence-electron chi connectivity index (χ4n) is 3.12. The van der Waals surface area contributed by atoms with Gasteiger partial charge in [0.25, 0.3) is 0 Å². The molecule has 0 aliphatic heterocycles. The molecule has 0 heterocycles. The fourth-order valence-corrected chi connectivity index (χ4v) is 3.12. The molecule has 0 spiro atoms. The predicted molar refractivity (Wildman–Crippen MR) is 40.6 cm³/mol. The zero-order valence-corrected chi connectivity index (χ0v) is 6.59. The minimum atomic E-state index is 0.444.